The average Bonchev–Trinajstić information content (AvgIpc) is 2.94. The number of phenols is 2. The molecule has 0 fully saturated rings. The molecule has 0 bridgehead atoms. The van der Waals surface area contributed by atoms with E-state index in [0.29, 0.717) is 38.9 Å². The molecule has 1 unspecified atom stereocenters. The Morgan fingerprint density at radius 2 is 0.868 bits per heavy atom. The maximum absolute atomic E-state index is 14.0. The van der Waals surface area contributed by atoms with Gasteiger partial charge in [0.25, 0.3) is 0 Å². The van der Waals surface area contributed by atoms with Gasteiger partial charge in [0.1, 0.15) is 11.5 Å². The van der Waals surface area contributed by atoms with Crippen LogP contribution in [0, 0.1) is 10.8 Å². The second-order valence-electron chi connectivity index (χ2n) is 21.4. The monoisotopic (exact) mass is 729 g/mol. The van der Waals surface area contributed by atoms with Crippen molar-refractivity contribution >= 4 is 11.9 Å². The van der Waals surface area contributed by atoms with E-state index in [9.17, 15) is 30.0 Å². The van der Waals surface area contributed by atoms with Gasteiger partial charge in [-0.3, -0.25) is 9.59 Å². The first kappa shape index (κ1) is 43.6. The summed E-state index contributed by atoms with van der Waals surface area (Å²) in [6.07, 6.45) is 0.564. The van der Waals surface area contributed by atoms with Crippen molar-refractivity contribution in [3.8, 4) is 11.5 Å². The van der Waals surface area contributed by atoms with Crippen LogP contribution in [0.2, 0.25) is 0 Å². The average molecular weight is 729 g/mol. The number of aliphatic carboxylic acids is 2. The Morgan fingerprint density at radius 1 is 0.528 bits per heavy atom. The normalized spacial score (nSPS) is 14.3. The lowest BCUT2D eigenvalue weighted by atomic mass is 9.63. The van der Waals surface area contributed by atoms with E-state index in [-0.39, 0.29) is 28.7 Å². The van der Waals surface area contributed by atoms with Crippen molar-refractivity contribution < 1.29 is 30.0 Å². The summed E-state index contributed by atoms with van der Waals surface area (Å²) < 4.78 is 0. The van der Waals surface area contributed by atoms with Crippen LogP contribution in [0.4, 0.5) is 0 Å². The molecule has 0 aliphatic carbocycles. The van der Waals surface area contributed by atoms with Crippen LogP contribution in [0.5, 0.6) is 11.5 Å². The molecule has 0 aliphatic heterocycles. The van der Waals surface area contributed by atoms with Crippen molar-refractivity contribution in [1.82, 2.24) is 0 Å². The largest absolute Gasteiger partial charge is 0.507 e. The predicted octanol–water partition coefficient (Wildman–Crippen LogP) is 11.5. The number of hydrogen-bond acceptors (Lipinski definition) is 4. The van der Waals surface area contributed by atoms with Crippen LogP contribution < -0.4 is 0 Å². The molecule has 292 valence electrons. The summed E-state index contributed by atoms with van der Waals surface area (Å²) in [5.74, 6) is -3.82. The number of benzene rings is 3. The lowest BCUT2D eigenvalue weighted by molar-refractivity contribution is -0.166. The molecule has 0 amide bonds. The van der Waals surface area contributed by atoms with Crippen molar-refractivity contribution in [2.24, 2.45) is 10.8 Å². The van der Waals surface area contributed by atoms with E-state index < -0.39 is 44.9 Å². The van der Waals surface area contributed by atoms with Crippen molar-refractivity contribution in [2.75, 3.05) is 0 Å². The summed E-state index contributed by atoms with van der Waals surface area (Å²) in [6.45, 7) is 34.8. The molecule has 0 aliphatic rings. The third-order valence-corrected chi connectivity index (χ3v) is 10.6. The van der Waals surface area contributed by atoms with Crippen LogP contribution in [0.15, 0.2) is 48.5 Å². The van der Waals surface area contributed by atoms with E-state index in [2.05, 4.69) is 34.6 Å². The van der Waals surface area contributed by atoms with Gasteiger partial charge in [-0.05, 0) is 83.4 Å². The Labute approximate surface area is 320 Å². The number of carbonyl (C=O) groups is 2. The summed E-state index contributed by atoms with van der Waals surface area (Å²) in [6, 6.07) is 15.0. The van der Waals surface area contributed by atoms with Gasteiger partial charge in [-0.2, -0.15) is 0 Å². The molecule has 0 spiro atoms. The molecule has 0 radical (unpaired) electrons. The van der Waals surface area contributed by atoms with Crippen LogP contribution >= 0.6 is 0 Å². The number of aromatic hydroxyl groups is 2. The van der Waals surface area contributed by atoms with Crippen molar-refractivity contribution in [2.45, 2.75) is 164 Å². The van der Waals surface area contributed by atoms with Crippen LogP contribution in [-0.4, -0.2) is 32.4 Å². The minimum absolute atomic E-state index is 0.0627. The molecular weight excluding hydrogens is 661 g/mol. The highest BCUT2D eigenvalue weighted by molar-refractivity contribution is 6.00. The Morgan fingerprint density at radius 3 is 1.17 bits per heavy atom. The van der Waals surface area contributed by atoms with Gasteiger partial charge >= 0.3 is 11.9 Å². The van der Waals surface area contributed by atoms with E-state index in [1.165, 1.54) is 0 Å². The highest BCUT2D eigenvalue weighted by Crippen LogP contribution is 2.50. The highest BCUT2D eigenvalue weighted by atomic mass is 16.4. The van der Waals surface area contributed by atoms with Crippen LogP contribution in [-0.2, 0) is 43.1 Å². The lowest BCUT2D eigenvalue weighted by Crippen LogP contribution is -2.47. The number of hydrogen-bond donors (Lipinski definition) is 4. The number of rotatable bonds is 9. The van der Waals surface area contributed by atoms with Gasteiger partial charge in [0.15, 0.2) is 5.41 Å². The molecule has 6 nitrogen and oxygen atoms in total. The molecule has 1 atom stereocenters. The smallest absolute Gasteiger partial charge is 0.322 e. The molecular formula is C47H68O6. The van der Waals surface area contributed by atoms with E-state index >= 15 is 0 Å². The van der Waals surface area contributed by atoms with Crippen molar-refractivity contribution in [3.05, 3.63) is 93.0 Å². The maximum Gasteiger partial charge on any atom is 0.322 e. The van der Waals surface area contributed by atoms with Gasteiger partial charge < -0.3 is 20.4 Å². The first-order valence-corrected chi connectivity index (χ1v) is 19.0. The Balaban J connectivity index is 2.58. The van der Waals surface area contributed by atoms with E-state index in [4.69, 9.17) is 0 Å². The molecule has 3 rings (SSSR count). The Kier molecular flexibility index (Phi) is 11.6. The molecule has 3 aromatic carbocycles. The first-order valence-electron chi connectivity index (χ1n) is 19.0. The number of carboxylic acid groups (broad SMARTS) is 2. The SMILES string of the molecule is CC(C)(C)CC(C)(C)c1ccc(C(c2cc(C(C)(C)C)c(O)c(C(C)(C)C)c2)C(Cc2cc(C(C)(C)C)c(O)c(C(C)(C)C)c2)(C(=O)O)C(=O)O)cc1. The maximum atomic E-state index is 14.0. The molecule has 0 heterocycles. The topological polar surface area (TPSA) is 115 Å². The lowest BCUT2D eigenvalue weighted by Gasteiger charge is -2.38. The van der Waals surface area contributed by atoms with Crippen LogP contribution in [0.25, 0.3) is 0 Å². The third kappa shape index (κ3) is 9.30. The number of carboxylic acids is 2. The van der Waals surface area contributed by atoms with Gasteiger partial charge in [0.2, 0.25) is 0 Å². The molecule has 0 saturated carbocycles. The number of phenolic OH excluding ortho intramolecular Hbond substituents is 2. The van der Waals surface area contributed by atoms with Crippen LogP contribution in [0.1, 0.15) is 175 Å². The minimum Gasteiger partial charge on any atom is -0.507 e. The second-order valence-corrected chi connectivity index (χ2v) is 21.4. The molecule has 6 heteroatoms. The van der Waals surface area contributed by atoms with Crippen molar-refractivity contribution in [3.63, 3.8) is 0 Å². The summed E-state index contributed by atoms with van der Waals surface area (Å²) in [5.41, 5.74) is 0.527. The van der Waals surface area contributed by atoms with Gasteiger partial charge in [-0.25, -0.2) is 0 Å². The zero-order valence-electron chi connectivity index (χ0n) is 35.7. The fraction of sp³-hybridized carbons (Fsp3) is 0.574. The summed E-state index contributed by atoms with van der Waals surface area (Å²) in [5, 5.41) is 46.0. The molecule has 3 aromatic rings. The summed E-state index contributed by atoms with van der Waals surface area (Å²) >= 11 is 0. The zero-order chi connectivity index (χ0) is 41.1. The van der Waals surface area contributed by atoms with Gasteiger partial charge in [0, 0.05) is 12.3 Å². The predicted molar refractivity (Wildman–Crippen MR) is 218 cm³/mol. The molecule has 4 N–H and O–H groups in total. The first-order chi connectivity index (χ1) is 23.6. The fourth-order valence-corrected chi connectivity index (χ4v) is 8.14. The van der Waals surface area contributed by atoms with Gasteiger partial charge in [-0.1, -0.05) is 166 Å². The van der Waals surface area contributed by atoms with E-state index in [1.807, 2.05) is 119 Å². The molecule has 0 saturated heterocycles. The quantitative estimate of drug-likeness (QED) is 0.163. The second kappa shape index (κ2) is 14.1. The molecule has 0 aromatic heterocycles. The minimum atomic E-state index is -2.38. The molecule has 53 heavy (non-hydrogen) atoms. The Hall–Kier alpha value is -3.80. The third-order valence-electron chi connectivity index (χ3n) is 10.6. The van der Waals surface area contributed by atoms with Crippen LogP contribution in [0.3, 0.4) is 0 Å². The van der Waals surface area contributed by atoms with E-state index in [1.54, 1.807) is 12.1 Å². The fourth-order valence-electron chi connectivity index (χ4n) is 8.14. The van der Waals surface area contributed by atoms with E-state index in [0.717, 1.165) is 12.0 Å². The van der Waals surface area contributed by atoms with Crippen molar-refractivity contribution in [1.29, 1.82) is 0 Å². The highest BCUT2D eigenvalue weighted by Gasteiger charge is 2.55. The van der Waals surface area contributed by atoms with Gasteiger partial charge in [0.05, 0.1) is 0 Å². The summed E-state index contributed by atoms with van der Waals surface area (Å²) in [7, 11) is 0. The standard InChI is InChI=1S/C47H68O6/c1-41(2,3)27-46(16,17)31-20-18-29(19-21-31)36(30-24-34(44(10,11)12)38(49)35(25-30)45(13,14)15)47(39(50)51,40(52)53)26-28-22-32(42(4,5)6)37(48)33(23-28)43(7,8)9/h18-25,36,48-49H,26-27H2,1-17H3,(H,50,51)(H,52,53). The summed E-state index contributed by atoms with van der Waals surface area (Å²) in [4.78, 5) is 28.0. The van der Waals surface area contributed by atoms with Gasteiger partial charge in [-0.15, -0.1) is 0 Å². The zero-order valence-corrected chi connectivity index (χ0v) is 35.7. The Bertz CT molecular complexity index is 1740.